The zero-order valence-corrected chi connectivity index (χ0v) is 9.86. The first kappa shape index (κ1) is 12.0. The van der Waals surface area contributed by atoms with Crippen molar-refractivity contribution in [2.75, 3.05) is 5.73 Å². The van der Waals surface area contributed by atoms with Gasteiger partial charge in [-0.3, -0.25) is 0 Å². The van der Waals surface area contributed by atoms with Crippen LogP contribution in [0, 0.1) is 5.82 Å². The number of aromatic nitrogens is 5. The first-order valence-corrected chi connectivity index (χ1v) is 5.42. The molecule has 8 nitrogen and oxygen atoms in total. The zero-order valence-electron chi connectivity index (χ0n) is 9.86. The van der Waals surface area contributed by atoms with Crippen molar-refractivity contribution in [2.24, 2.45) is 0 Å². The Morgan fingerprint density at radius 1 is 1.25 bits per heavy atom. The molecule has 0 saturated heterocycles. The molecule has 3 N–H and O–H groups in total. The average Bonchev–Trinajstić information content (AvgIpc) is 2.41. The van der Waals surface area contributed by atoms with Crippen LogP contribution < -0.4 is 11.4 Å². The van der Waals surface area contributed by atoms with Gasteiger partial charge in [0.2, 0.25) is 0 Å². The van der Waals surface area contributed by atoms with Gasteiger partial charge in [-0.25, -0.2) is 23.7 Å². The third-order valence-corrected chi connectivity index (χ3v) is 2.59. The van der Waals surface area contributed by atoms with Crippen LogP contribution in [0.2, 0.25) is 0 Å². The van der Waals surface area contributed by atoms with Crippen LogP contribution in [-0.4, -0.2) is 29.6 Å². The topological polar surface area (TPSA) is 120 Å². The Morgan fingerprint density at radius 3 is 2.75 bits per heavy atom. The molecule has 3 heterocycles. The molecule has 0 atom stereocenters. The molecule has 0 aromatic carbocycles. The fourth-order valence-electron chi connectivity index (χ4n) is 1.69. The summed E-state index contributed by atoms with van der Waals surface area (Å²) in [5.41, 5.74) is 4.45. The number of nitrogens with zero attached hydrogens (tertiary/aromatic N) is 5. The van der Waals surface area contributed by atoms with E-state index in [0.717, 1.165) is 4.57 Å². The number of fused-ring (bicyclic) bond motifs is 1. The summed E-state index contributed by atoms with van der Waals surface area (Å²) in [7, 11) is 0. The number of hydrogen-bond acceptors (Lipinski definition) is 7. The third kappa shape index (κ3) is 1.81. The SMILES string of the molecule is Nc1ccn(-c2ncc3cnc(O)nc3c2F)c(=O)n1. The predicted octanol–water partition coefficient (Wildman–Crippen LogP) is -0.00240. The molecule has 0 bridgehead atoms. The van der Waals surface area contributed by atoms with Gasteiger partial charge in [-0.2, -0.15) is 9.97 Å². The molecule has 0 saturated carbocycles. The highest BCUT2D eigenvalue weighted by atomic mass is 19.1. The van der Waals surface area contributed by atoms with E-state index in [1.807, 2.05) is 0 Å². The minimum atomic E-state index is -0.867. The summed E-state index contributed by atoms with van der Waals surface area (Å²) < 4.78 is 15.2. The molecule has 0 unspecified atom stereocenters. The number of halogens is 1. The number of pyridine rings is 1. The van der Waals surface area contributed by atoms with E-state index in [-0.39, 0.29) is 17.2 Å². The summed E-state index contributed by atoms with van der Waals surface area (Å²) >= 11 is 0. The van der Waals surface area contributed by atoms with E-state index < -0.39 is 17.5 Å². The zero-order chi connectivity index (χ0) is 14.3. The number of aromatic hydroxyl groups is 1. The van der Waals surface area contributed by atoms with Crippen LogP contribution in [0.3, 0.4) is 0 Å². The van der Waals surface area contributed by atoms with Gasteiger partial charge >= 0.3 is 11.7 Å². The van der Waals surface area contributed by atoms with Crippen LogP contribution in [0.15, 0.2) is 29.5 Å². The van der Waals surface area contributed by atoms with E-state index in [1.165, 1.54) is 24.7 Å². The average molecular weight is 274 g/mol. The predicted molar refractivity (Wildman–Crippen MR) is 66.8 cm³/mol. The van der Waals surface area contributed by atoms with Crippen LogP contribution in [0.25, 0.3) is 16.7 Å². The molecule has 0 fully saturated rings. The molecule has 0 amide bonds. The van der Waals surface area contributed by atoms with Gasteiger partial charge in [-0.1, -0.05) is 0 Å². The molecule has 0 aliphatic carbocycles. The smallest absolute Gasteiger partial charge is 0.355 e. The summed E-state index contributed by atoms with van der Waals surface area (Å²) in [6.45, 7) is 0. The van der Waals surface area contributed by atoms with Crippen molar-refractivity contribution in [3.8, 4) is 11.8 Å². The summed E-state index contributed by atoms with van der Waals surface area (Å²) in [5.74, 6) is -1.13. The molecule has 9 heteroatoms. The van der Waals surface area contributed by atoms with E-state index in [1.54, 1.807) is 0 Å². The minimum Gasteiger partial charge on any atom is -0.479 e. The molecule has 0 spiro atoms. The number of rotatable bonds is 1. The lowest BCUT2D eigenvalue weighted by Gasteiger charge is -2.07. The van der Waals surface area contributed by atoms with Crippen molar-refractivity contribution < 1.29 is 9.50 Å². The normalized spacial score (nSPS) is 10.8. The highest BCUT2D eigenvalue weighted by Gasteiger charge is 2.14. The van der Waals surface area contributed by atoms with E-state index in [2.05, 4.69) is 19.9 Å². The summed E-state index contributed by atoms with van der Waals surface area (Å²) in [6.07, 6.45) is 3.76. The van der Waals surface area contributed by atoms with Crippen molar-refractivity contribution in [3.63, 3.8) is 0 Å². The Balaban J connectivity index is 2.32. The monoisotopic (exact) mass is 274 g/mol. The summed E-state index contributed by atoms with van der Waals surface area (Å²) in [6, 6.07) is 0.765. The van der Waals surface area contributed by atoms with Gasteiger partial charge in [-0.05, 0) is 6.07 Å². The molecule has 0 aliphatic heterocycles. The largest absolute Gasteiger partial charge is 0.479 e. The van der Waals surface area contributed by atoms with Gasteiger partial charge in [0.15, 0.2) is 11.6 Å². The number of hydrogen-bond donors (Lipinski definition) is 2. The van der Waals surface area contributed by atoms with Gasteiger partial charge in [0.1, 0.15) is 11.3 Å². The minimum absolute atomic E-state index is 0.0208. The van der Waals surface area contributed by atoms with Gasteiger partial charge < -0.3 is 10.8 Å². The Hall–Kier alpha value is -3.10. The highest BCUT2D eigenvalue weighted by molar-refractivity contribution is 5.79. The second-order valence-corrected chi connectivity index (χ2v) is 3.87. The van der Waals surface area contributed by atoms with Crippen LogP contribution in [-0.2, 0) is 0 Å². The lowest BCUT2D eigenvalue weighted by molar-refractivity contribution is 0.432. The molecule has 100 valence electrons. The maximum absolute atomic E-state index is 14.3. The summed E-state index contributed by atoms with van der Waals surface area (Å²) in [5, 5.41) is 9.49. The van der Waals surface area contributed by atoms with Gasteiger partial charge in [0.05, 0.1) is 0 Å². The lowest BCUT2D eigenvalue weighted by atomic mass is 10.3. The molecular formula is C11H7FN6O2. The molecule has 3 rings (SSSR count). The number of nitrogens with two attached hydrogens (primary N) is 1. The van der Waals surface area contributed by atoms with Crippen LogP contribution in [0.5, 0.6) is 6.01 Å². The maximum Gasteiger partial charge on any atom is 0.355 e. The Labute approximate surface area is 110 Å². The van der Waals surface area contributed by atoms with Crippen molar-refractivity contribution in [3.05, 3.63) is 41.0 Å². The van der Waals surface area contributed by atoms with Crippen LogP contribution >= 0.6 is 0 Å². The van der Waals surface area contributed by atoms with E-state index in [9.17, 15) is 14.3 Å². The second kappa shape index (κ2) is 4.23. The third-order valence-electron chi connectivity index (χ3n) is 2.59. The molecule has 20 heavy (non-hydrogen) atoms. The Bertz CT molecular complexity index is 878. The highest BCUT2D eigenvalue weighted by Crippen LogP contribution is 2.19. The molecule has 0 aliphatic rings. The van der Waals surface area contributed by atoms with Crippen molar-refractivity contribution in [1.82, 2.24) is 24.5 Å². The number of nitrogen functional groups attached to an aromatic ring is 1. The maximum atomic E-state index is 14.3. The van der Waals surface area contributed by atoms with Crippen molar-refractivity contribution in [1.29, 1.82) is 0 Å². The van der Waals surface area contributed by atoms with Gasteiger partial charge in [0.25, 0.3) is 0 Å². The van der Waals surface area contributed by atoms with Crippen molar-refractivity contribution in [2.45, 2.75) is 0 Å². The quantitative estimate of drug-likeness (QED) is 0.640. The fraction of sp³-hybridized carbons (Fsp3) is 0. The van der Waals surface area contributed by atoms with Crippen LogP contribution in [0.4, 0.5) is 10.2 Å². The first-order valence-electron chi connectivity index (χ1n) is 5.42. The molecular weight excluding hydrogens is 267 g/mol. The van der Waals surface area contributed by atoms with E-state index in [4.69, 9.17) is 5.73 Å². The second-order valence-electron chi connectivity index (χ2n) is 3.87. The first-order chi connectivity index (χ1) is 9.56. The van der Waals surface area contributed by atoms with Crippen LogP contribution in [0.1, 0.15) is 0 Å². The van der Waals surface area contributed by atoms with Gasteiger partial charge in [0, 0.05) is 24.0 Å². The Kier molecular flexibility index (Phi) is 2.53. The summed E-state index contributed by atoms with van der Waals surface area (Å²) in [4.78, 5) is 26.1. The molecule has 3 aromatic heterocycles. The van der Waals surface area contributed by atoms with Gasteiger partial charge in [-0.15, -0.1) is 0 Å². The Morgan fingerprint density at radius 2 is 2.00 bits per heavy atom. The standard InChI is InChI=1S/C11H7FN6O2/c12-7-8-5(4-15-10(19)17-8)3-14-9(7)18-2-1-6(13)16-11(18)20/h1-4H,(H2,13,16,20)(H,15,17,19). The van der Waals surface area contributed by atoms with E-state index in [0.29, 0.717) is 5.39 Å². The number of anilines is 1. The lowest BCUT2D eigenvalue weighted by Crippen LogP contribution is -2.23. The molecule has 0 radical (unpaired) electrons. The van der Waals surface area contributed by atoms with E-state index >= 15 is 0 Å². The van der Waals surface area contributed by atoms with Crippen molar-refractivity contribution >= 4 is 16.7 Å². The molecule has 3 aromatic rings. The fourth-order valence-corrected chi connectivity index (χ4v) is 1.69.